The maximum atomic E-state index is 13.0. The number of nitro groups is 1. The highest BCUT2D eigenvalue weighted by Gasteiger charge is 2.35. The number of aliphatic carboxylic acids is 1. The van der Waals surface area contributed by atoms with Gasteiger partial charge in [-0.1, -0.05) is 0 Å². The fraction of sp³-hybridized carbons (Fsp3) is 0.467. The second-order valence-corrected chi connectivity index (χ2v) is 7.61. The summed E-state index contributed by atoms with van der Waals surface area (Å²) in [7, 11) is -4.36. The summed E-state index contributed by atoms with van der Waals surface area (Å²) in [6, 6.07) is 0.738. The number of sulfonamides is 1. The number of aryl methyl sites for hydroxylation is 1. The SMILES string of the molecule is CC(=O)NCCN(C(C)C(=O)O)S(=O)(=O)c1cc([N+](=O)[O-])cc(C)c1C. The van der Waals surface area contributed by atoms with Crippen LogP contribution in [0.5, 0.6) is 0 Å². The molecule has 144 valence electrons. The topological polar surface area (TPSA) is 147 Å². The fourth-order valence-electron chi connectivity index (χ4n) is 2.30. The van der Waals surface area contributed by atoms with E-state index in [9.17, 15) is 33.2 Å². The first kappa shape index (κ1) is 21.5. The number of hydrogen-bond acceptors (Lipinski definition) is 6. The van der Waals surface area contributed by atoms with E-state index in [-0.39, 0.29) is 23.5 Å². The van der Waals surface area contributed by atoms with Gasteiger partial charge in [0.25, 0.3) is 5.69 Å². The third kappa shape index (κ3) is 4.76. The largest absolute Gasteiger partial charge is 0.480 e. The van der Waals surface area contributed by atoms with Gasteiger partial charge in [0.15, 0.2) is 0 Å². The molecule has 1 atom stereocenters. The van der Waals surface area contributed by atoms with E-state index in [1.807, 2.05) is 0 Å². The smallest absolute Gasteiger partial charge is 0.321 e. The van der Waals surface area contributed by atoms with E-state index in [2.05, 4.69) is 5.32 Å². The lowest BCUT2D eigenvalue weighted by Crippen LogP contribution is -2.46. The Hall–Kier alpha value is -2.53. The van der Waals surface area contributed by atoms with Gasteiger partial charge in [-0.2, -0.15) is 4.31 Å². The number of carbonyl (C=O) groups is 2. The number of amides is 1. The Kier molecular flexibility index (Phi) is 6.81. The molecule has 11 heteroatoms. The average Bonchev–Trinajstić information content (AvgIpc) is 2.52. The Morgan fingerprint density at radius 2 is 1.92 bits per heavy atom. The second-order valence-electron chi connectivity index (χ2n) is 5.76. The van der Waals surface area contributed by atoms with Crippen LogP contribution >= 0.6 is 0 Å². The maximum absolute atomic E-state index is 13.0. The van der Waals surface area contributed by atoms with E-state index in [1.54, 1.807) is 0 Å². The molecule has 1 unspecified atom stereocenters. The van der Waals surface area contributed by atoms with Gasteiger partial charge in [-0.05, 0) is 31.9 Å². The van der Waals surface area contributed by atoms with Gasteiger partial charge < -0.3 is 10.4 Å². The summed E-state index contributed by atoms with van der Waals surface area (Å²) in [6.07, 6.45) is 0. The molecule has 2 N–H and O–H groups in total. The van der Waals surface area contributed by atoms with Crippen molar-refractivity contribution in [3.8, 4) is 0 Å². The molecule has 1 rings (SSSR count). The van der Waals surface area contributed by atoms with Crippen LogP contribution in [0.15, 0.2) is 17.0 Å². The molecule has 0 aliphatic carbocycles. The number of hydrogen-bond donors (Lipinski definition) is 2. The van der Waals surface area contributed by atoms with Crippen molar-refractivity contribution in [3.05, 3.63) is 33.4 Å². The molecule has 10 nitrogen and oxygen atoms in total. The predicted molar refractivity (Wildman–Crippen MR) is 92.2 cm³/mol. The van der Waals surface area contributed by atoms with Crippen LogP contribution in [-0.2, 0) is 19.6 Å². The van der Waals surface area contributed by atoms with Crippen LogP contribution in [0, 0.1) is 24.0 Å². The van der Waals surface area contributed by atoms with Gasteiger partial charge in [0.05, 0.1) is 9.82 Å². The minimum atomic E-state index is -4.36. The summed E-state index contributed by atoms with van der Waals surface area (Å²) in [5.41, 5.74) is 0.275. The predicted octanol–water partition coefficient (Wildman–Crippen LogP) is 0.812. The third-order valence-corrected chi connectivity index (χ3v) is 5.99. The number of carboxylic acid groups (broad SMARTS) is 1. The number of carboxylic acids is 1. The molecule has 0 aromatic heterocycles. The monoisotopic (exact) mass is 387 g/mol. The van der Waals surface area contributed by atoms with Crippen molar-refractivity contribution in [2.45, 2.75) is 38.6 Å². The van der Waals surface area contributed by atoms with Gasteiger partial charge in [0, 0.05) is 32.1 Å². The van der Waals surface area contributed by atoms with Gasteiger partial charge in [-0.3, -0.25) is 19.7 Å². The lowest BCUT2D eigenvalue weighted by molar-refractivity contribution is -0.385. The first-order chi connectivity index (χ1) is 11.9. The van der Waals surface area contributed by atoms with Gasteiger partial charge in [-0.25, -0.2) is 8.42 Å². The molecule has 1 amide bonds. The quantitative estimate of drug-likeness (QED) is 0.495. The molecule has 0 radical (unpaired) electrons. The first-order valence-corrected chi connectivity index (χ1v) is 9.08. The minimum absolute atomic E-state index is 0.0981. The number of carbonyl (C=O) groups excluding carboxylic acids is 1. The molecule has 26 heavy (non-hydrogen) atoms. The van der Waals surface area contributed by atoms with Crippen molar-refractivity contribution in [1.82, 2.24) is 9.62 Å². The van der Waals surface area contributed by atoms with E-state index >= 15 is 0 Å². The summed E-state index contributed by atoms with van der Waals surface area (Å²) >= 11 is 0. The minimum Gasteiger partial charge on any atom is -0.480 e. The summed E-state index contributed by atoms with van der Waals surface area (Å²) in [5.74, 6) is -1.77. The second kappa shape index (κ2) is 8.23. The average molecular weight is 387 g/mol. The Morgan fingerprint density at radius 1 is 1.35 bits per heavy atom. The first-order valence-electron chi connectivity index (χ1n) is 7.64. The van der Waals surface area contributed by atoms with Crippen LogP contribution in [0.25, 0.3) is 0 Å². The molecular formula is C15H21N3O7S. The molecule has 1 aromatic rings. The fourth-order valence-corrected chi connectivity index (χ4v) is 4.20. The Morgan fingerprint density at radius 3 is 2.38 bits per heavy atom. The van der Waals surface area contributed by atoms with Gasteiger partial charge in [0.1, 0.15) is 6.04 Å². The van der Waals surface area contributed by atoms with Crippen molar-refractivity contribution in [3.63, 3.8) is 0 Å². The van der Waals surface area contributed by atoms with Crippen LogP contribution in [-0.4, -0.2) is 53.8 Å². The number of nitrogens with zero attached hydrogens (tertiary/aromatic N) is 2. The van der Waals surface area contributed by atoms with Gasteiger partial charge in [-0.15, -0.1) is 0 Å². The number of benzene rings is 1. The van der Waals surface area contributed by atoms with E-state index in [4.69, 9.17) is 0 Å². The van der Waals surface area contributed by atoms with Gasteiger partial charge >= 0.3 is 5.97 Å². The Balaban J connectivity index is 3.46. The van der Waals surface area contributed by atoms with Crippen LogP contribution < -0.4 is 5.32 Å². The summed E-state index contributed by atoms with van der Waals surface area (Å²) in [5, 5.41) is 22.7. The lowest BCUT2D eigenvalue weighted by atomic mass is 10.1. The van der Waals surface area contributed by atoms with Crippen LogP contribution in [0.1, 0.15) is 25.0 Å². The Labute approximate surface area is 151 Å². The molecule has 0 spiro atoms. The zero-order chi connectivity index (χ0) is 20.2. The van der Waals surface area contributed by atoms with Crippen molar-refractivity contribution in [2.75, 3.05) is 13.1 Å². The van der Waals surface area contributed by atoms with Crippen LogP contribution in [0.3, 0.4) is 0 Å². The molecule has 0 aliphatic rings. The standard InChI is InChI=1S/C15H21N3O7S/c1-9-7-13(18(22)23)8-14(10(9)2)26(24,25)17(11(3)15(20)21)6-5-16-12(4)19/h7-8,11H,5-6H2,1-4H3,(H,16,19)(H,20,21). The number of nitrogens with one attached hydrogen (secondary N) is 1. The maximum Gasteiger partial charge on any atom is 0.321 e. The number of rotatable bonds is 8. The molecule has 0 fully saturated rings. The highest BCUT2D eigenvalue weighted by molar-refractivity contribution is 7.89. The summed E-state index contributed by atoms with van der Waals surface area (Å²) in [6.45, 7) is 5.06. The van der Waals surface area contributed by atoms with E-state index < -0.39 is 38.6 Å². The normalized spacial score (nSPS) is 12.7. The van der Waals surface area contributed by atoms with E-state index in [0.717, 1.165) is 6.07 Å². The molecule has 0 saturated carbocycles. The highest BCUT2D eigenvalue weighted by Crippen LogP contribution is 2.28. The highest BCUT2D eigenvalue weighted by atomic mass is 32.2. The molecule has 0 saturated heterocycles. The van der Waals surface area contributed by atoms with E-state index in [0.29, 0.717) is 9.87 Å². The lowest BCUT2D eigenvalue weighted by Gasteiger charge is -2.26. The molecule has 0 heterocycles. The third-order valence-electron chi connectivity index (χ3n) is 3.90. The van der Waals surface area contributed by atoms with Crippen LogP contribution in [0.2, 0.25) is 0 Å². The molecule has 0 aliphatic heterocycles. The van der Waals surface area contributed by atoms with Crippen LogP contribution in [0.4, 0.5) is 5.69 Å². The molecule has 1 aromatic carbocycles. The number of nitro benzene ring substituents is 1. The van der Waals surface area contributed by atoms with Crippen molar-refractivity contribution in [2.24, 2.45) is 0 Å². The molecule has 0 bridgehead atoms. The number of non-ortho nitro benzene ring substituents is 1. The van der Waals surface area contributed by atoms with E-state index in [1.165, 1.54) is 33.8 Å². The van der Waals surface area contributed by atoms with Crippen molar-refractivity contribution >= 4 is 27.6 Å². The zero-order valence-corrected chi connectivity index (χ0v) is 15.7. The zero-order valence-electron chi connectivity index (χ0n) is 14.8. The summed E-state index contributed by atoms with van der Waals surface area (Å²) in [4.78, 5) is 32.3. The molecular weight excluding hydrogens is 366 g/mol. The van der Waals surface area contributed by atoms with Crippen molar-refractivity contribution < 1.29 is 28.0 Å². The van der Waals surface area contributed by atoms with Gasteiger partial charge in [0.2, 0.25) is 15.9 Å². The Bertz CT molecular complexity index is 836. The summed E-state index contributed by atoms with van der Waals surface area (Å²) < 4.78 is 26.8. The van der Waals surface area contributed by atoms with Crippen molar-refractivity contribution in [1.29, 1.82) is 0 Å².